The van der Waals surface area contributed by atoms with Crippen LogP contribution in [0, 0.1) is 6.92 Å². The van der Waals surface area contributed by atoms with Crippen LogP contribution >= 0.6 is 11.3 Å². The summed E-state index contributed by atoms with van der Waals surface area (Å²) in [7, 11) is -1.16. The molecule has 3 aromatic rings. The highest BCUT2D eigenvalue weighted by atomic mass is 32.2. The van der Waals surface area contributed by atoms with Crippen molar-refractivity contribution in [2.45, 2.75) is 39.5 Å². The Kier molecular flexibility index (Phi) is 8.76. The second kappa shape index (κ2) is 11.0. The highest BCUT2D eigenvalue weighted by Gasteiger charge is 2.15. The minimum absolute atomic E-state index is 0.751. The third-order valence-corrected chi connectivity index (χ3v) is 6.59. The second-order valence-corrected chi connectivity index (χ2v) is 8.06. The van der Waals surface area contributed by atoms with E-state index in [1.807, 2.05) is 74.6 Å². The molecule has 0 aliphatic rings. The average Bonchev–Trinajstić information content (AvgIpc) is 3.21. The molecule has 0 aliphatic heterocycles. The Morgan fingerprint density at radius 2 is 1.93 bits per heavy atom. The molecule has 1 aromatic carbocycles. The van der Waals surface area contributed by atoms with Crippen molar-refractivity contribution in [3.63, 3.8) is 0 Å². The molecule has 1 unspecified atom stereocenters. The smallest absolute Gasteiger partial charge is 0.187 e. The summed E-state index contributed by atoms with van der Waals surface area (Å²) in [6.45, 7) is 11.5. The van der Waals surface area contributed by atoms with Crippen molar-refractivity contribution in [3.8, 4) is 11.3 Å². The lowest BCUT2D eigenvalue weighted by Gasteiger charge is -2.19. The molecule has 0 aliphatic carbocycles. The minimum Gasteiger partial charge on any atom is -0.331 e. The molecule has 0 radical (unpaired) electrons. The lowest BCUT2D eigenvalue weighted by molar-refractivity contribution is 0.489. The van der Waals surface area contributed by atoms with Crippen LogP contribution in [0.4, 0.5) is 10.8 Å². The van der Waals surface area contributed by atoms with Gasteiger partial charge in [-0.3, -0.25) is 4.98 Å². The first-order valence-corrected chi connectivity index (χ1v) is 11.5. The summed E-state index contributed by atoms with van der Waals surface area (Å²) in [5, 5.41) is 6.13. The number of rotatable bonds is 7. The van der Waals surface area contributed by atoms with Gasteiger partial charge in [-0.25, -0.2) is 13.5 Å². The standard InChI is InChI=1S/C19H22N4OS2.C2H6/c1-4-23(5-2)26(24)18-11-16(9-8-14(18)3)21-19-22-17(13-25-19)15-7-6-10-20-12-15;1-2/h6-13H,4-5H2,1-3H3,(H,21,22);1-2H3. The van der Waals surface area contributed by atoms with E-state index in [9.17, 15) is 4.21 Å². The predicted molar refractivity (Wildman–Crippen MR) is 120 cm³/mol. The molecule has 3 rings (SSSR count). The zero-order chi connectivity index (χ0) is 20.5. The third-order valence-electron chi connectivity index (χ3n) is 4.03. The molecule has 5 nitrogen and oxygen atoms in total. The van der Waals surface area contributed by atoms with Gasteiger partial charge in [-0.1, -0.05) is 33.8 Å². The van der Waals surface area contributed by atoms with Crippen LogP contribution in [-0.4, -0.2) is 31.6 Å². The van der Waals surface area contributed by atoms with Crippen LogP contribution in [-0.2, 0) is 11.0 Å². The summed E-state index contributed by atoms with van der Waals surface area (Å²) < 4.78 is 14.8. The van der Waals surface area contributed by atoms with Crippen molar-refractivity contribution >= 4 is 33.1 Å². The molecular formula is C21H28N4OS2. The number of benzene rings is 1. The fraction of sp³-hybridized carbons (Fsp3) is 0.333. The molecular weight excluding hydrogens is 388 g/mol. The molecule has 150 valence electrons. The molecule has 0 saturated heterocycles. The first kappa shape index (κ1) is 22.2. The van der Waals surface area contributed by atoms with Crippen LogP contribution < -0.4 is 5.32 Å². The van der Waals surface area contributed by atoms with E-state index >= 15 is 0 Å². The number of aryl methyl sites for hydroxylation is 1. The Hall–Kier alpha value is -2.09. The number of aromatic nitrogens is 2. The highest BCUT2D eigenvalue weighted by molar-refractivity contribution is 7.82. The van der Waals surface area contributed by atoms with E-state index in [-0.39, 0.29) is 0 Å². The molecule has 0 spiro atoms. The molecule has 28 heavy (non-hydrogen) atoms. The largest absolute Gasteiger partial charge is 0.331 e. The number of thiazole rings is 1. The van der Waals surface area contributed by atoms with Crippen LogP contribution in [0.5, 0.6) is 0 Å². The van der Waals surface area contributed by atoms with Gasteiger partial charge in [0.1, 0.15) is 11.0 Å². The minimum atomic E-state index is -1.16. The van der Waals surface area contributed by atoms with Crippen LogP contribution in [0.15, 0.2) is 53.0 Å². The summed E-state index contributed by atoms with van der Waals surface area (Å²) in [6.07, 6.45) is 3.55. The summed E-state index contributed by atoms with van der Waals surface area (Å²) in [5.41, 5.74) is 3.79. The van der Waals surface area contributed by atoms with Gasteiger partial charge >= 0.3 is 0 Å². The van der Waals surface area contributed by atoms with Crippen LogP contribution in [0.25, 0.3) is 11.3 Å². The van der Waals surface area contributed by atoms with Gasteiger partial charge < -0.3 is 5.32 Å². The van der Waals surface area contributed by atoms with Crippen molar-refractivity contribution in [1.29, 1.82) is 0 Å². The Bertz CT molecular complexity index is 892. The van der Waals surface area contributed by atoms with E-state index in [0.29, 0.717) is 0 Å². The summed E-state index contributed by atoms with van der Waals surface area (Å²) >= 11 is 1.54. The fourth-order valence-corrected chi connectivity index (χ4v) is 4.62. The maximum atomic E-state index is 12.8. The predicted octanol–water partition coefficient (Wildman–Crippen LogP) is 5.65. The quantitative estimate of drug-likeness (QED) is 0.541. The van der Waals surface area contributed by atoms with Gasteiger partial charge in [0, 0.05) is 42.1 Å². The van der Waals surface area contributed by atoms with E-state index in [4.69, 9.17) is 0 Å². The van der Waals surface area contributed by atoms with E-state index in [1.165, 1.54) is 11.3 Å². The van der Waals surface area contributed by atoms with Gasteiger partial charge in [0.25, 0.3) is 0 Å². The molecule has 0 saturated carbocycles. The monoisotopic (exact) mass is 416 g/mol. The van der Waals surface area contributed by atoms with Gasteiger partial charge in [-0.05, 0) is 36.8 Å². The second-order valence-electron chi connectivity index (χ2n) is 5.75. The highest BCUT2D eigenvalue weighted by Crippen LogP contribution is 2.28. The van der Waals surface area contributed by atoms with E-state index < -0.39 is 11.0 Å². The van der Waals surface area contributed by atoms with Crippen molar-refractivity contribution in [3.05, 3.63) is 53.7 Å². The maximum absolute atomic E-state index is 12.8. The summed E-state index contributed by atoms with van der Waals surface area (Å²) in [5.74, 6) is 0. The molecule has 0 bridgehead atoms. The zero-order valence-electron chi connectivity index (χ0n) is 17.1. The van der Waals surface area contributed by atoms with Gasteiger partial charge in [-0.2, -0.15) is 0 Å². The zero-order valence-corrected chi connectivity index (χ0v) is 18.7. The van der Waals surface area contributed by atoms with E-state index in [2.05, 4.69) is 15.3 Å². The Morgan fingerprint density at radius 3 is 2.57 bits per heavy atom. The van der Waals surface area contributed by atoms with Crippen LogP contribution in [0.1, 0.15) is 33.3 Å². The van der Waals surface area contributed by atoms with Crippen molar-refractivity contribution in [2.24, 2.45) is 0 Å². The van der Waals surface area contributed by atoms with Gasteiger partial charge in [0.2, 0.25) is 0 Å². The SMILES string of the molecule is CC.CCN(CC)S(=O)c1cc(Nc2nc(-c3cccnc3)cs2)ccc1C. The van der Waals surface area contributed by atoms with Crippen LogP contribution in [0.3, 0.4) is 0 Å². The van der Waals surface area contributed by atoms with Gasteiger partial charge in [0.15, 0.2) is 5.13 Å². The van der Waals surface area contributed by atoms with Crippen molar-refractivity contribution in [1.82, 2.24) is 14.3 Å². The lowest BCUT2D eigenvalue weighted by Crippen LogP contribution is -2.25. The fourth-order valence-electron chi connectivity index (χ4n) is 2.56. The molecule has 2 heterocycles. The average molecular weight is 417 g/mol. The first-order chi connectivity index (χ1) is 13.6. The Balaban J connectivity index is 0.00000136. The molecule has 1 N–H and O–H groups in total. The first-order valence-electron chi connectivity index (χ1n) is 9.52. The normalized spacial score (nSPS) is 11.6. The number of nitrogens with one attached hydrogen (secondary N) is 1. The number of anilines is 2. The Morgan fingerprint density at radius 1 is 1.18 bits per heavy atom. The maximum Gasteiger partial charge on any atom is 0.187 e. The number of pyridine rings is 1. The van der Waals surface area contributed by atoms with Gasteiger partial charge in [-0.15, -0.1) is 11.3 Å². The summed E-state index contributed by atoms with van der Waals surface area (Å²) in [4.78, 5) is 9.59. The molecule has 1 atom stereocenters. The molecule has 2 aromatic heterocycles. The van der Waals surface area contributed by atoms with Gasteiger partial charge in [0.05, 0.1) is 10.6 Å². The van der Waals surface area contributed by atoms with Crippen LogP contribution in [0.2, 0.25) is 0 Å². The third kappa shape index (κ3) is 5.47. The van der Waals surface area contributed by atoms with Crippen molar-refractivity contribution in [2.75, 3.05) is 18.4 Å². The number of hydrogen-bond acceptors (Lipinski definition) is 5. The lowest BCUT2D eigenvalue weighted by atomic mass is 10.2. The molecule has 0 fully saturated rings. The van der Waals surface area contributed by atoms with Crippen molar-refractivity contribution < 1.29 is 4.21 Å². The molecule has 7 heteroatoms. The number of hydrogen-bond donors (Lipinski definition) is 1. The van der Waals surface area contributed by atoms with E-state index in [1.54, 1.807) is 12.4 Å². The Labute approximate surface area is 174 Å². The topological polar surface area (TPSA) is 58.1 Å². The molecule has 0 amide bonds. The summed E-state index contributed by atoms with van der Waals surface area (Å²) in [6, 6.07) is 9.83. The van der Waals surface area contributed by atoms with E-state index in [0.717, 1.165) is 45.6 Å². The number of nitrogens with zero attached hydrogens (tertiary/aromatic N) is 3.